The van der Waals surface area contributed by atoms with Crippen LogP contribution in [0.25, 0.3) is 0 Å². The van der Waals surface area contributed by atoms with E-state index in [-0.39, 0.29) is 17.8 Å². The molecule has 0 aromatic carbocycles. The highest BCUT2D eigenvalue weighted by Gasteiger charge is 2.39. The van der Waals surface area contributed by atoms with E-state index in [9.17, 15) is 9.59 Å². The Balaban J connectivity index is 2.29. The lowest BCUT2D eigenvalue weighted by Crippen LogP contribution is -2.35. The van der Waals surface area contributed by atoms with Crippen molar-refractivity contribution in [1.29, 1.82) is 0 Å². The van der Waals surface area contributed by atoms with Gasteiger partial charge in [-0.1, -0.05) is 0 Å². The molecular formula is C7H10O4. The molecule has 0 bridgehead atoms. The van der Waals surface area contributed by atoms with Crippen LogP contribution in [0.15, 0.2) is 0 Å². The molecule has 0 radical (unpaired) electrons. The number of methoxy groups -OCH3 is 1. The average Bonchev–Trinajstić information content (AvgIpc) is 1.83. The minimum absolute atomic E-state index is 0.180. The van der Waals surface area contributed by atoms with E-state index in [1.807, 2.05) is 0 Å². The largest absolute Gasteiger partial charge is 0.481 e. The molecule has 0 aromatic rings. The fourth-order valence-electron chi connectivity index (χ4n) is 1.18. The summed E-state index contributed by atoms with van der Waals surface area (Å²) < 4.78 is 4.45. The molecule has 0 spiro atoms. The number of rotatable bonds is 2. The Hall–Kier alpha value is -1.06. The molecule has 0 saturated heterocycles. The quantitative estimate of drug-likeness (QED) is 0.586. The first-order valence-electron chi connectivity index (χ1n) is 3.45. The normalized spacial score (nSPS) is 28.8. The van der Waals surface area contributed by atoms with Crippen LogP contribution in [-0.4, -0.2) is 24.2 Å². The molecule has 1 aliphatic carbocycles. The van der Waals surface area contributed by atoms with Crippen molar-refractivity contribution in [2.75, 3.05) is 7.11 Å². The zero-order valence-corrected chi connectivity index (χ0v) is 6.24. The van der Waals surface area contributed by atoms with E-state index in [2.05, 4.69) is 4.74 Å². The summed E-state index contributed by atoms with van der Waals surface area (Å²) in [5, 5.41) is 8.45. The summed E-state index contributed by atoms with van der Waals surface area (Å²) in [7, 11) is 1.32. The third-order valence-electron chi connectivity index (χ3n) is 2.02. The number of carbonyl (C=O) groups is 2. The van der Waals surface area contributed by atoms with Crippen LogP contribution >= 0.6 is 0 Å². The number of carbonyl (C=O) groups excluding carboxylic acids is 1. The molecule has 0 amide bonds. The van der Waals surface area contributed by atoms with Crippen molar-refractivity contribution in [2.45, 2.75) is 12.8 Å². The average molecular weight is 158 g/mol. The maximum absolute atomic E-state index is 10.7. The van der Waals surface area contributed by atoms with Gasteiger partial charge in [0.1, 0.15) is 0 Å². The topological polar surface area (TPSA) is 63.6 Å². The molecule has 11 heavy (non-hydrogen) atoms. The van der Waals surface area contributed by atoms with Gasteiger partial charge in [0.25, 0.3) is 0 Å². The molecule has 0 heterocycles. The predicted octanol–water partition coefficient (Wildman–Crippen LogP) is 0.270. The lowest BCUT2D eigenvalue weighted by molar-refractivity contribution is -0.156. The van der Waals surface area contributed by atoms with Crippen molar-refractivity contribution in [1.82, 2.24) is 0 Å². The van der Waals surface area contributed by atoms with Crippen molar-refractivity contribution in [3.8, 4) is 0 Å². The molecule has 1 N–H and O–H groups in total. The second kappa shape index (κ2) is 2.90. The molecule has 0 unspecified atom stereocenters. The van der Waals surface area contributed by atoms with Gasteiger partial charge in [-0.2, -0.15) is 0 Å². The number of carboxylic acid groups (broad SMARTS) is 1. The summed E-state index contributed by atoms with van der Waals surface area (Å²) >= 11 is 0. The van der Waals surface area contributed by atoms with E-state index in [1.165, 1.54) is 7.11 Å². The molecule has 1 aliphatic rings. The number of ether oxygens (including phenoxy) is 1. The first kappa shape index (κ1) is 8.04. The van der Waals surface area contributed by atoms with Gasteiger partial charge in [-0.25, -0.2) is 0 Å². The zero-order valence-electron chi connectivity index (χ0n) is 6.24. The molecule has 1 rings (SSSR count). The maximum atomic E-state index is 10.7. The standard InChI is InChI=1S/C7H10O4/c1-11-7(10)5-2-4(3-5)6(8)9/h4-5H,2-3H2,1H3,(H,8,9)/t4-,5-. The van der Waals surface area contributed by atoms with Crippen LogP contribution in [0, 0.1) is 11.8 Å². The highest BCUT2D eigenvalue weighted by Crippen LogP contribution is 2.34. The van der Waals surface area contributed by atoms with Gasteiger partial charge < -0.3 is 9.84 Å². The summed E-state index contributed by atoms with van der Waals surface area (Å²) in [4.78, 5) is 21.0. The van der Waals surface area contributed by atoms with Gasteiger partial charge in [0.15, 0.2) is 0 Å². The Kier molecular flexibility index (Phi) is 2.12. The number of carboxylic acids is 1. The maximum Gasteiger partial charge on any atom is 0.308 e. The van der Waals surface area contributed by atoms with Gasteiger partial charge in [-0.3, -0.25) is 9.59 Å². The number of aliphatic carboxylic acids is 1. The molecular weight excluding hydrogens is 148 g/mol. The number of hydrogen-bond donors (Lipinski definition) is 1. The Morgan fingerprint density at radius 3 is 2.27 bits per heavy atom. The summed E-state index contributed by atoms with van der Waals surface area (Å²) in [6.07, 6.45) is 0.865. The second-order valence-electron chi connectivity index (χ2n) is 2.73. The molecule has 0 aromatic heterocycles. The monoisotopic (exact) mass is 158 g/mol. The first-order valence-corrected chi connectivity index (χ1v) is 3.45. The SMILES string of the molecule is COC(=O)[C@H]1C[C@H](C(=O)O)C1. The van der Waals surface area contributed by atoms with E-state index in [4.69, 9.17) is 5.11 Å². The van der Waals surface area contributed by atoms with E-state index in [0.29, 0.717) is 12.8 Å². The molecule has 1 fully saturated rings. The molecule has 4 heteroatoms. The van der Waals surface area contributed by atoms with Crippen molar-refractivity contribution >= 4 is 11.9 Å². The Bertz CT molecular complexity index is 181. The number of hydrogen-bond acceptors (Lipinski definition) is 3. The van der Waals surface area contributed by atoms with Crippen LogP contribution in [-0.2, 0) is 14.3 Å². The minimum Gasteiger partial charge on any atom is -0.481 e. The highest BCUT2D eigenvalue weighted by atomic mass is 16.5. The lowest BCUT2D eigenvalue weighted by atomic mass is 9.75. The van der Waals surface area contributed by atoms with Crippen LogP contribution in [0.4, 0.5) is 0 Å². The molecule has 4 nitrogen and oxygen atoms in total. The first-order chi connectivity index (χ1) is 5.15. The minimum atomic E-state index is -0.815. The molecule has 0 atom stereocenters. The summed E-state index contributed by atoms with van der Waals surface area (Å²) in [5.74, 6) is -1.62. The summed E-state index contributed by atoms with van der Waals surface area (Å²) in [6, 6.07) is 0. The fraction of sp³-hybridized carbons (Fsp3) is 0.714. The van der Waals surface area contributed by atoms with E-state index >= 15 is 0 Å². The van der Waals surface area contributed by atoms with E-state index in [0.717, 1.165) is 0 Å². The van der Waals surface area contributed by atoms with Crippen LogP contribution in [0.3, 0.4) is 0 Å². The van der Waals surface area contributed by atoms with Gasteiger partial charge in [-0.05, 0) is 12.8 Å². The van der Waals surface area contributed by atoms with E-state index in [1.54, 1.807) is 0 Å². The van der Waals surface area contributed by atoms with Crippen LogP contribution in [0.1, 0.15) is 12.8 Å². The highest BCUT2D eigenvalue weighted by molar-refractivity contribution is 5.78. The zero-order chi connectivity index (χ0) is 8.43. The summed E-state index contributed by atoms with van der Waals surface area (Å²) in [5.41, 5.74) is 0. The smallest absolute Gasteiger partial charge is 0.308 e. The molecule has 62 valence electrons. The third kappa shape index (κ3) is 1.50. The number of esters is 1. The van der Waals surface area contributed by atoms with Gasteiger partial charge in [0, 0.05) is 0 Å². The predicted molar refractivity (Wildman–Crippen MR) is 35.9 cm³/mol. The van der Waals surface area contributed by atoms with Gasteiger partial charge in [0.2, 0.25) is 0 Å². The van der Waals surface area contributed by atoms with E-state index < -0.39 is 5.97 Å². The van der Waals surface area contributed by atoms with Crippen molar-refractivity contribution in [3.05, 3.63) is 0 Å². The second-order valence-corrected chi connectivity index (χ2v) is 2.73. The van der Waals surface area contributed by atoms with Gasteiger partial charge >= 0.3 is 11.9 Å². The molecule has 1 saturated carbocycles. The van der Waals surface area contributed by atoms with Crippen molar-refractivity contribution in [2.24, 2.45) is 11.8 Å². The Labute approximate surface area is 64.2 Å². The fourth-order valence-corrected chi connectivity index (χ4v) is 1.18. The van der Waals surface area contributed by atoms with Gasteiger partial charge in [0.05, 0.1) is 18.9 Å². The lowest BCUT2D eigenvalue weighted by Gasteiger charge is -2.29. The summed E-state index contributed by atoms with van der Waals surface area (Å²) in [6.45, 7) is 0. The van der Waals surface area contributed by atoms with Crippen LogP contribution in [0.5, 0.6) is 0 Å². The van der Waals surface area contributed by atoms with Crippen molar-refractivity contribution < 1.29 is 19.4 Å². The Morgan fingerprint density at radius 2 is 1.91 bits per heavy atom. The Morgan fingerprint density at radius 1 is 1.36 bits per heavy atom. The molecule has 0 aliphatic heterocycles. The van der Waals surface area contributed by atoms with Crippen molar-refractivity contribution in [3.63, 3.8) is 0 Å². The third-order valence-corrected chi connectivity index (χ3v) is 2.02. The van der Waals surface area contributed by atoms with Crippen LogP contribution in [0.2, 0.25) is 0 Å². The van der Waals surface area contributed by atoms with Gasteiger partial charge in [-0.15, -0.1) is 0 Å². The van der Waals surface area contributed by atoms with Crippen LogP contribution < -0.4 is 0 Å².